The van der Waals surface area contributed by atoms with Crippen molar-refractivity contribution in [2.75, 3.05) is 19.8 Å². The van der Waals surface area contributed by atoms with Crippen molar-refractivity contribution in [1.29, 1.82) is 0 Å². The molecule has 1 aliphatic heterocycles. The molecule has 0 bridgehead atoms. The van der Waals surface area contributed by atoms with Gasteiger partial charge in [0.1, 0.15) is 0 Å². The first-order valence-electron chi connectivity index (χ1n) is 6.21. The molecule has 18 heavy (non-hydrogen) atoms. The average molecular weight is 257 g/mol. The quantitative estimate of drug-likeness (QED) is 0.626. The third-order valence-electron chi connectivity index (χ3n) is 2.63. The lowest BCUT2D eigenvalue weighted by Crippen LogP contribution is -2.44. The normalized spacial score (nSPS) is 23.8. The summed E-state index contributed by atoms with van der Waals surface area (Å²) in [5.41, 5.74) is 5.48. The van der Waals surface area contributed by atoms with E-state index in [0.29, 0.717) is 19.8 Å². The standard InChI is InChI=1S/C12H23N3O3/c1-12(2,3)15-10(16)4-5-14-11(17)8-6-18-7-9(8)13/h8-9H,4-7,13H2,1-3H3,(H,14,17)(H,15,16). The van der Waals surface area contributed by atoms with Crippen LogP contribution in [0.1, 0.15) is 27.2 Å². The zero-order chi connectivity index (χ0) is 13.8. The Labute approximate surface area is 108 Å². The van der Waals surface area contributed by atoms with Crippen LogP contribution in [0, 0.1) is 5.92 Å². The highest BCUT2D eigenvalue weighted by molar-refractivity contribution is 5.81. The van der Waals surface area contributed by atoms with Crippen LogP contribution < -0.4 is 16.4 Å². The van der Waals surface area contributed by atoms with Gasteiger partial charge in [0.25, 0.3) is 0 Å². The van der Waals surface area contributed by atoms with Gasteiger partial charge in [0.15, 0.2) is 0 Å². The fraction of sp³-hybridized carbons (Fsp3) is 0.833. The topological polar surface area (TPSA) is 93.5 Å². The number of nitrogens with one attached hydrogen (secondary N) is 2. The molecule has 0 aromatic rings. The maximum Gasteiger partial charge on any atom is 0.227 e. The van der Waals surface area contributed by atoms with Crippen LogP contribution in [0.5, 0.6) is 0 Å². The number of hydrogen-bond acceptors (Lipinski definition) is 4. The largest absolute Gasteiger partial charge is 0.379 e. The Morgan fingerprint density at radius 1 is 1.33 bits per heavy atom. The molecule has 2 amide bonds. The van der Waals surface area contributed by atoms with E-state index in [9.17, 15) is 9.59 Å². The molecule has 6 heteroatoms. The molecule has 0 aromatic heterocycles. The number of carbonyl (C=O) groups excluding carboxylic acids is 2. The van der Waals surface area contributed by atoms with Crippen molar-refractivity contribution < 1.29 is 14.3 Å². The van der Waals surface area contributed by atoms with Crippen molar-refractivity contribution in [2.45, 2.75) is 38.8 Å². The van der Waals surface area contributed by atoms with Crippen molar-refractivity contribution in [1.82, 2.24) is 10.6 Å². The molecule has 1 aliphatic rings. The van der Waals surface area contributed by atoms with Crippen LogP contribution in [0.3, 0.4) is 0 Å². The molecule has 0 saturated carbocycles. The minimum absolute atomic E-state index is 0.0743. The summed E-state index contributed by atoms with van der Waals surface area (Å²) < 4.78 is 5.12. The number of nitrogens with two attached hydrogens (primary N) is 1. The van der Waals surface area contributed by atoms with E-state index in [2.05, 4.69) is 10.6 Å². The second kappa shape index (κ2) is 6.15. The van der Waals surface area contributed by atoms with Crippen LogP contribution in [-0.4, -0.2) is 43.2 Å². The second-order valence-corrected chi connectivity index (χ2v) is 5.65. The molecular formula is C12H23N3O3. The van der Waals surface area contributed by atoms with E-state index in [1.165, 1.54) is 0 Å². The van der Waals surface area contributed by atoms with Gasteiger partial charge >= 0.3 is 0 Å². The number of amides is 2. The van der Waals surface area contributed by atoms with Crippen LogP contribution in [0.4, 0.5) is 0 Å². The summed E-state index contributed by atoms with van der Waals surface area (Å²) in [5, 5.41) is 5.54. The van der Waals surface area contributed by atoms with E-state index in [4.69, 9.17) is 10.5 Å². The van der Waals surface area contributed by atoms with Gasteiger partial charge in [-0.15, -0.1) is 0 Å². The van der Waals surface area contributed by atoms with Crippen LogP contribution in [0.2, 0.25) is 0 Å². The molecule has 2 atom stereocenters. The highest BCUT2D eigenvalue weighted by Gasteiger charge is 2.31. The van der Waals surface area contributed by atoms with E-state index in [1.807, 2.05) is 20.8 Å². The molecule has 1 fully saturated rings. The van der Waals surface area contributed by atoms with E-state index < -0.39 is 0 Å². The zero-order valence-electron chi connectivity index (χ0n) is 11.3. The fourth-order valence-electron chi connectivity index (χ4n) is 1.75. The molecule has 6 nitrogen and oxygen atoms in total. The molecule has 1 rings (SSSR count). The molecule has 1 heterocycles. The van der Waals surface area contributed by atoms with Crippen LogP contribution in [-0.2, 0) is 14.3 Å². The van der Waals surface area contributed by atoms with Crippen molar-refractivity contribution in [3.63, 3.8) is 0 Å². The molecule has 2 unspecified atom stereocenters. The van der Waals surface area contributed by atoms with Crippen LogP contribution in [0.15, 0.2) is 0 Å². The summed E-state index contributed by atoms with van der Waals surface area (Å²) in [4.78, 5) is 23.2. The number of rotatable bonds is 4. The number of hydrogen-bond donors (Lipinski definition) is 3. The number of carbonyl (C=O) groups is 2. The molecule has 0 spiro atoms. The Hall–Kier alpha value is -1.14. The molecule has 0 aromatic carbocycles. The average Bonchev–Trinajstić information content (AvgIpc) is 2.61. The van der Waals surface area contributed by atoms with Crippen molar-refractivity contribution in [3.05, 3.63) is 0 Å². The first kappa shape index (κ1) is 14.9. The maximum absolute atomic E-state index is 11.7. The summed E-state index contributed by atoms with van der Waals surface area (Å²) in [6.07, 6.45) is 0.270. The highest BCUT2D eigenvalue weighted by atomic mass is 16.5. The highest BCUT2D eigenvalue weighted by Crippen LogP contribution is 2.11. The van der Waals surface area contributed by atoms with Gasteiger partial charge in [0.2, 0.25) is 11.8 Å². The summed E-state index contributed by atoms with van der Waals surface area (Å²) in [7, 11) is 0. The SMILES string of the molecule is CC(C)(C)NC(=O)CCNC(=O)C1COCC1N. The van der Waals surface area contributed by atoms with E-state index >= 15 is 0 Å². The summed E-state index contributed by atoms with van der Waals surface area (Å²) >= 11 is 0. The predicted octanol–water partition coefficient (Wildman–Crippen LogP) is -0.619. The minimum atomic E-state index is -0.296. The Morgan fingerprint density at radius 2 is 2.00 bits per heavy atom. The second-order valence-electron chi connectivity index (χ2n) is 5.65. The Balaban J connectivity index is 2.21. The predicted molar refractivity (Wildman–Crippen MR) is 67.8 cm³/mol. The lowest BCUT2D eigenvalue weighted by atomic mass is 10.0. The molecule has 0 radical (unpaired) electrons. The Kier molecular flexibility index (Phi) is 5.10. The molecule has 0 aliphatic carbocycles. The third kappa shape index (κ3) is 5.01. The first-order valence-corrected chi connectivity index (χ1v) is 6.21. The van der Waals surface area contributed by atoms with E-state index in [-0.39, 0.29) is 35.7 Å². The first-order chi connectivity index (χ1) is 8.29. The van der Waals surface area contributed by atoms with Gasteiger partial charge in [-0.1, -0.05) is 0 Å². The van der Waals surface area contributed by atoms with Crippen LogP contribution >= 0.6 is 0 Å². The summed E-state index contributed by atoms with van der Waals surface area (Å²) in [6.45, 7) is 6.85. The third-order valence-corrected chi connectivity index (χ3v) is 2.63. The van der Waals surface area contributed by atoms with Crippen LogP contribution in [0.25, 0.3) is 0 Å². The molecule has 104 valence electrons. The maximum atomic E-state index is 11.7. The fourth-order valence-corrected chi connectivity index (χ4v) is 1.75. The molecule has 4 N–H and O–H groups in total. The molecular weight excluding hydrogens is 234 g/mol. The van der Waals surface area contributed by atoms with Crippen molar-refractivity contribution in [3.8, 4) is 0 Å². The number of ether oxygens (including phenoxy) is 1. The van der Waals surface area contributed by atoms with E-state index in [0.717, 1.165) is 0 Å². The van der Waals surface area contributed by atoms with E-state index in [1.54, 1.807) is 0 Å². The lowest BCUT2D eigenvalue weighted by molar-refractivity contribution is -0.125. The van der Waals surface area contributed by atoms with Gasteiger partial charge in [0, 0.05) is 24.5 Å². The zero-order valence-corrected chi connectivity index (χ0v) is 11.3. The van der Waals surface area contributed by atoms with Gasteiger partial charge < -0.3 is 21.1 Å². The minimum Gasteiger partial charge on any atom is -0.379 e. The smallest absolute Gasteiger partial charge is 0.227 e. The summed E-state index contributed by atoms with van der Waals surface area (Å²) in [5.74, 6) is -0.506. The summed E-state index contributed by atoms with van der Waals surface area (Å²) in [6, 6.07) is -0.242. The van der Waals surface area contributed by atoms with Gasteiger partial charge in [-0.2, -0.15) is 0 Å². The molecule has 1 saturated heterocycles. The van der Waals surface area contributed by atoms with Gasteiger partial charge in [-0.05, 0) is 20.8 Å². The van der Waals surface area contributed by atoms with Gasteiger partial charge in [-0.25, -0.2) is 0 Å². The van der Waals surface area contributed by atoms with Gasteiger partial charge in [0.05, 0.1) is 19.1 Å². The Morgan fingerprint density at radius 3 is 2.50 bits per heavy atom. The van der Waals surface area contributed by atoms with Crippen molar-refractivity contribution >= 4 is 11.8 Å². The lowest BCUT2D eigenvalue weighted by Gasteiger charge is -2.20. The van der Waals surface area contributed by atoms with Gasteiger partial charge in [-0.3, -0.25) is 9.59 Å². The van der Waals surface area contributed by atoms with Crippen molar-refractivity contribution in [2.24, 2.45) is 11.7 Å². The monoisotopic (exact) mass is 257 g/mol. The Bertz CT molecular complexity index is 312.